The van der Waals surface area contributed by atoms with Gasteiger partial charge in [-0.1, -0.05) is 17.7 Å². The van der Waals surface area contributed by atoms with Gasteiger partial charge in [0.1, 0.15) is 16.5 Å². The number of hydrogen-bond donors (Lipinski definition) is 1. The molecule has 27 heavy (non-hydrogen) atoms. The van der Waals surface area contributed by atoms with E-state index in [-0.39, 0.29) is 17.3 Å². The fraction of sp³-hybridized carbons (Fsp3) is 0.0588. The number of furan rings is 1. The second kappa shape index (κ2) is 7.83. The van der Waals surface area contributed by atoms with Crippen LogP contribution in [0.25, 0.3) is 6.08 Å². The Morgan fingerprint density at radius 3 is 2.93 bits per heavy atom. The van der Waals surface area contributed by atoms with Gasteiger partial charge in [-0.05, 0) is 24.3 Å². The number of amides is 1. The van der Waals surface area contributed by atoms with Gasteiger partial charge in [0.2, 0.25) is 5.91 Å². The molecular formula is C17H12ClFN4O4. The topological polar surface area (TPSA) is 103 Å². The van der Waals surface area contributed by atoms with Crippen molar-refractivity contribution in [1.82, 2.24) is 9.78 Å². The average Bonchev–Trinajstić information content (AvgIpc) is 3.26. The molecule has 0 saturated carbocycles. The lowest BCUT2D eigenvalue weighted by atomic mass is 10.2. The number of hydrogen-bond acceptors (Lipinski definition) is 5. The van der Waals surface area contributed by atoms with Crippen LogP contribution in [-0.2, 0) is 11.3 Å². The molecule has 0 atom stereocenters. The van der Waals surface area contributed by atoms with Crippen molar-refractivity contribution < 1.29 is 18.5 Å². The molecule has 0 bridgehead atoms. The minimum atomic E-state index is -0.673. The maximum absolute atomic E-state index is 13.8. The van der Waals surface area contributed by atoms with Crippen molar-refractivity contribution in [2.45, 2.75) is 6.54 Å². The number of carbonyl (C=O) groups excluding carboxylic acids is 1. The van der Waals surface area contributed by atoms with Gasteiger partial charge in [-0.15, -0.1) is 0 Å². The minimum Gasteiger partial charge on any atom is -0.401 e. The van der Waals surface area contributed by atoms with E-state index in [1.165, 1.54) is 47.4 Å². The first-order valence-electron chi connectivity index (χ1n) is 7.61. The van der Waals surface area contributed by atoms with Crippen LogP contribution in [0.1, 0.15) is 11.3 Å². The molecule has 1 amide bonds. The van der Waals surface area contributed by atoms with Crippen LogP contribution in [0.4, 0.5) is 16.0 Å². The van der Waals surface area contributed by atoms with Gasteiger partial charge in [-0.3, -0.25) is 19.6 Å². The average molecular weight is 391 g/mol. The number of carbonyl (C=O) groups is 1. The van der Waals surface area contributed by atoms with Crippen molar-refractivity contribution >= 4 is 35.2 Å². The van der Waals surface area contributed by atoms with E-state index >= 15 is 0 Å². The maximum Gasteiger partial charge on any atom is 0.433 e. The smallest absolute Gasteiger partial charge is 0.401 e. The minimum absolute atomic E-state index is 0.104. The highest BCUT2D eigenvalue weighted by atomic mass is 35.5. The van der Waals surface area contributed by atoms with E-state index in [1.54, 1.807) is 6.07 Å². The van der Waals surface area contributed by atoms with Crippen LogP contribution < -0.4 is 5.32 Å². The van der Waals surface area contributed by atoms with E-state index < -0.39 is 22.5 Å². The molecule has 0 fully saturated rings. The quantitative estimate of drug-likeness (QED) is 0.391. The first-order valence-corrected chi connectivity index (χ1v) is 7.99. The number of halogens is 2. The molecule has 138 valence electrons. The third kappa shape index (κ3) is 4.59. The monoisotopic (exact) mass is 390 g/mol. The van der Waals surface area contributed by atoms with Crippen LogP contribution in [0, 0.1) is 15.9 Å². The van der Waals surface area contributed by atoms with Gasteiger partial charge in [0.15, 0.2) is 0 Å². The Bertz CT molecular complexity index is 1010. The van der Waals surface area contributed by atoms with Crippen molar-refractivity contribution in [3.05, 3.63) is 81.1 Å². The molecule has 8 nitrogen and oxygen atoms in total. The highest BCUT2D eigenvalue weighted by Crippen LogP contribution is 2.20. The van der Waals surface area contributed by atoms with Crippen LogP contribution in [0.3, 0.4) is 0 Å². The van der Waals surface area contributed by atoms with Gasteiger partial charge in [0, 0.05) is 22.9 Å². The molecule has 3 aromatic rings. The van der Waals surface area contributed by atoms with E-state index in [9.17, 15) is 19.3 Å². The summed E-state index contributed by atoms with van der Waals surface area (Å²) in [5.74, 6) is -1.18. The summed E-state index contributed by atoms with van der Waals surface area (Å²) in [5.41, 5.74) is 0.682. The lowest BCUT2D eigenvalue weighted by molar-refractivity contribution is -0.402. The van der Waals surface area contributed by atoms with Crippen molar-refractivity contribution in [2.75, 3.05) is 5.32 Å². The summed E-state index contributed by atoms with van der Waals surface area (Å²) in [7, 11) is 0. The number of benzene rings is 1. The van der Waals surface area contributed by atoms with Crippen molar-refractivity contribution in [3.8, 4) is 0 Å². The summed E-state index contributed by atoms with van der Waals surface area (Å²) in [6.07, 6.45) is 5.38. The molecular weight excluding hydrogens is 379 g/mol. The third-order valence-corrected chi connectivity index (χ3v) is 3.83. The normalized spacial score (nSPS) is 11.0. The Morgan fingerprint density at radius 1 is 1.41 bits per heavy atom. The summed E-state index contributed by atoms with van der Waals surface area (Å²) < 4.78 is 20.1. The molecule has 0 saturated heterocycles. The van der Waals surface area contributed by atoms with Gasteiger partial charge in [-0.25, -0.2) is 4.39 Å². The predicted molar refractivity (Wildman–Crippen MR) is 95.8 cm³/mol. The predicted octanol–water partition coefficient (Wildman–Crippen LogP) is 3.88. The summed E-state index contributed by atoms with van der Waals surface area (Å²) in [6, 6.07) is 6.95. The Hall–Kier alpha value is -3.46. The van der Waals surface area contributed by atoms with Crippen LogP contribution in [0.2, 0.25) is 5.02 Å². The summed E-state index contributed by atoms with van der Waals surface area (Å²) in [5, 5.41) is 17.4. The van der Waals surface area contributed by atoms with E-state index in [1.807, 2.05) is 0 Å². The Morgan fingerprint density at radius 2 is 2.22 bits per heavy atom. The maximum atomic E-state index is 13.8. The van der Waals surface area contributed by atoms with Gasteiger partial charge in [-0.2, -0.15) is 5.10 Å². The molecule has 0 aliphatic heterocycles. The zero-order valence-corrected chi connectivity index (χ0v) is 14.4. The molecule has 2 aromatic heterocycles. The van der Waals surface area contributed by atoms with E-state index in [2.05, 4.69) is 10.4 Å². The largest absolute Gasteiger partial charge is 0.433 e. The Labute approximate surface area is 157 Å². The second-order valence-electron chi connectivity index (χ2n) is 5.38. The van der Waals surface area contributed by atoms with Gasteiger partial charge < -0.3 is 9.73 Å². The van der Waals surface area contributed by atoms with Crippen molar-refractivity contribution in [3.63, 3.8) is 0 Å². The first kappa shape index (κ1) is 18.3. The van der Waals surface area contributed by atoms with Gasteiger partial charge in [0.25, 0.3) is 0 Å². The Balaban J connectivity index is 1.62. The van der Waals surface area contributed by atoms with Crippen molar-refractivity contribution in [2.24, 2.45) is 0 Å². The molecule has 0 spiro atoms. The van der Waals surface area contributed by atoms with Crippen molar-refractivity contribution in [1.29, 1.82) is 0 Å². The zero-order valence-electron chi connectivity index (χ0n) is 13.6. The zero-order chi connectivity index (χ0) is 19.4. The molecule has 1 aromatic carbocycles. The van der Waals surface area contributed by atoms with Gasteiger partial charge in [0.05, 0.1) is 24.5 Å². The van der Waals surface area contributed by atoms with Crippen LogP contribution >= 0.6 is 11.6 Å². The van der Waals surface area contributed by atoms with E-state index in [0.717, 1.165) is 6.08 Å². The number of aromatic nitrogens is 2. The molecule has 1 N–H and O–H groups in total. The number of rotatable bonds is 6. The molecule has 0 radical (unpaired) electrons. The second-order valence-corrected chi connectivity index (χ2v) is 5.79. The highest BCUT2D eigenvalue weighted by molar-refractivity contribution is 6.31. The standard InChI is InChI=1S/C17H12ClFN4O4/c18-14-2-1-3-15(19)13(14)10-22-9-11(8-20-22)21-16(24)6-4-12-5-7-17(27-12)23(25)26/h1-9H,10H2,(H,21,24)/b6-4+. The third-order valence-electron chi connectivity index (χ3n) is 3.47. The molecule has 0 unspecified atom stereocenters. The fourth-order valence-electron chi connectivity index (χ4n) is 2.23. The molecule has 10 heteroatoms. The van der Waals surface area contributed by atoms with Crippen LogP contribution in [0.15, 0.2) is 53.2 Å². The van der Waals surface area contributed by atoms with E-state index in [0.29, 0.717) is 11.3 Å². The summed E-state index contributed by atoms with van der Waals surface area (Å²) >= 11 is 5.98. The number of nitro groups is 1. The number of anilines is 1. The first-order chi connectivity index (χ1) is 12.9. The Kier molecular flexibility index (Phi) is 5.32. The molecule has 2 heterocycles. The number of nitrogens with one attached hydrogen (secondary N) is 1. The molecule has 3 rings (SSSR count). The van der Waals surface area contributed by atoms with Crippen LogP contribution in [-0.4, -0.2) is 20.6 Å². The van der Waals surface area contributed by atoms with E-state index in [4.69, 9.17) is 16.0 Å². The lowest BCUT2D eigenvalue weighted by Crippen LogP contribution is -2.07. The molecule has 0 aliphatic rings. The van der Waals surface area contributed by atoms with Crippen LogP contribution in [0.5, 0.6) is 0 Å². The lowest BCUT2D eigenvalue weighted by Gasteiger charge is -2.05. The van der Waals surface area contributed by atoms with Gasteiger partial charge >= 0.3 is 5.88 Å². The highest BCUT2D eigenvalue weighted by Gasteiger charge is 2.11. The SMILES string of the molecule is O=C(/C=C/c1ccc([N+](=O)[O-])o1)Nc1cnn(Cc2c(F)cccc2Cl)c1. The summed E-state index contributed by atoms with van der Waals surface area (Å²) in [6.45, 7) is 0.104. The summed E-state index contributed by atoms with van der Waals surface area (Å²) in [4.78, 5) is 21.8. The molecule has 0 aliphatic carbocycles. The number of nitrogens with zero attached hydrogens (tertiary/aromatic N) is 3. The fourth-order valence-corrected chi connectivity index (χ4v) is 2.45.